The fourth-order valence-electron chi connectivity index (χ4n) is 14.1. The Balaban J connectivity index is 1.32. The lowest BCUT2D eigenvalue weighted by molar-refractivity contribution is -0.137. The molecular formula is C71H117ClF3N11. The van der Waals surface area contributed by atoms with Crippen molar-refractivity contribution in [1.29, 1.82) is 0 Å². The molecule has 4 aliphatic rings. The number of alkyl halides is 3. The molecule has 86 heavy (non-hydrogen) atoms. The van der Waals surface area contributed by atoms with E-state index in [2.05, 4.69) is 185 Å². The van der Waals surface area contributed by atoms with E-state index in [4.69, 9.17) is 16.6 Å². The van der Waals surface area contributed by atoms with Gasteiger partial charge in [-0.1, -0.05) is 129 Å². The molecule has 484 valence electrons. The summed E-state index contributed by atoms with van der Waals surface area (Å²) < 4.78 is 41.0. The topological polar surface area (TPSA) is 97.5 Å². The molecule has 3 fully saturated rings. The lowest BCUT2D eigenvalue weighted by Crippen LogP contribution is -2.70. The zero-order valence-corrected chi connectivity index (χ0v) is 56.7. The van der Waals surface area contributed by atoms with Crippen molar-refractivity contribution < 1.29 is 13.2 Å². The monoisotopic (exact) mass is 1220 g/mol. The van der Waals surface area contributed by atoms with E-state index < -0.39 is 11.7 Å². The Morgan fingerprint density at radius 1 is 0.791 bits per heavy atom. The van der Waals surface area contributed by atoms with Crippen molar-refractivity contribution in [2.75, 3.05) is 59.9 Å². The van der Waals surface area contributed by atoms with Gasteiger partial charge in [-0.3, -0.25) is 9.89 Å². The first kappa shape index (κ1) is 71.2. The van der Waals surface area contributed by atoms with Gasteiger partial charge in [0.25, 0.3) is 0 Å². The summed E-state index contributed by atoms with van der Waals surface area (Å²) >= 11 is 6.19. The maximum absolute atomic E-state index is 13.7. The molecule has 6 rings (SSSR count). The molecule has 6 N–H and O–H groups in total. The fourth-order valence-corrected chi connectivity index (χ4v) is 14.4. The Hall–Kier alpha value is -3.89. The quantitative estimate of drug-likeness (QED) is 0.116. The van der Waals surface area contributed by atoms with E-state index in [9.17, 15) is 13.2 Å². The minimum absolute atomic E-state index is 0.0380. The summed E-state index contributed by atoms with van der Waals surface area (Å²) in [6.07, 6.45) is 21.1. The molecule has 0 radical (unpaired) electrons. The number of nitrogens with one attached hydrogen (secondary N) is 6. The van der Waals surface area contributed by atoms with E-state index >= 15 is 0 Å². The van der Waals surface area contributed by atoms with Gasteiger partial charge in [-0.2, -0.15) is 13.2 Å². The van der Waals surface area contributed by atoms with E-state index in [1.54, 1.807) is 0 Å². The maximum atomic E-state index is 13.7. The zero-order valence-electron chi connectivity index (χ0n) is 55.9. The number of fused-ring (bicyclic) bond motifs is 2. The second-order valence-electron chi connectivity index (χ2n) is 27.7. The number of nitrogens with zero attached hydrogens (tertiary/aromatic N) is 5. The molecule has 3 aliphatic heterocycles. The summed E-state index contributed by atoms with van der Waals surface area (Å²) in [6.45, 7) is 37.6. The molecule has 1 saturated carbocycles. The Morgan fingerprint density at radius 3 is 2.15 bits per heavy atom. The first-order chi connectivity index (χ1) is 40.9. The van der Waals surface area contributed by atoms with Crippen molar-refractivity contribution >= 4 is 17.3 Å². The largest absolute Gasteiger partial charge is 0.417 e. The standard InChI is InChI=1S/C71H117ClF3N11/c1-16-52(8)67-43-80-66(40-50(5)6)55(11)79-44-68-60(39-49(3)4)45-86(68)69(53(9)17-2)56(12)82-70(31-18-19-32-70)48-77-35-34-76-33-30-61(28-26-59-27-29-64(65(72)42-59)71(73,74)75)78-36-38-83(14)46-63(41-58-24-22-51(7)23-25-58)84(15)47-62-21-20-37-85(62)57(13)54(10)81-67/h22-25,27,29-30,33,36,38,42,46-47,49-50,52-57,60,66-69,76-77,79-82H,16-21,26,28,31-32,34-35,37,39-41,43-45,48H2,1-15H3/t52-,53-,54?,55?,56?,57-,60+,66-,67+,68?,69-/m0/s1. The number of rotatable bonds is 13. The van der Waals surface area contributed by atoms with Gasteiger partial charge in [0.15, 0.2) is 0 Å². The van der Waals surface area contributed by atoms with Gasteiger partial charge in [0.1, 0.15) is 0 Å². The molecule has 2 saturated heterocycles. The highest BCUT2D eigenvalue weighted by molar-refractivity contribution is 6.31. The highest BCUT2D eigenvalue weighted by Gasteiger charge is 2.47. The van der Waals surface area contributed by atoms with Crippen LogP contribution in [0, 0.1) is 36.5 Å². The average Bonchev–Trinajstić information content (AvgIpc) is 0.863. The molecule has 2 aromatic carbocycles. The van der Waals surface area contributed by atoms with E-state index in [0.29, 0.717) is 78.7 Å². The van der Waals surface area contributed by atoms with Crippen LogP contribution in [0.1, 0.15) is 176 Å². The number of likely N-dealkylation sites (N-methyl/N-ethyl adjacent to an activating group) is 1. The summed E-state index contributed by atoms with van der Waals surface area (Å²) in [5, 5.41) is 24.1. The number of hydrogen-bond donors (Lipinski definition) is 6. The third-order valence-electron chi connectivity index (χ3n) is 19.7. The minimum atomic E-state index is -4.51. The van der Waals surface area contributed by atoms with Crippen LogP contribution in [0.4, 0.5) is 13.2 Å². The van der Waals surface area contributed by atoms with Crippen molar-refractivity contribution in [2.45, 2.75) is 234 Å². The number of aliphatic imine (C=N–C) groups is 1. The lowest BCUT2D eigenvalue weighted by atomic mass is 9.77. The molecule has 11 nitrogen and oxygen atoms in total. The number of aryl methyl sites for hydroxylation is 2. The first-order valence-corrected chi connectivity index (χ1v) is 33.9. The van der Waals surface area contributed by atoms with Crippen LogP contribution in [0.2, 0.25) is 5.02 Å². The summed E-state index contributed by atoms with van der Waals surface area (Å²) in [7, 11) is 4.21. The van der Waals surface area contributed by atoms with E-state index in [-0.39, 0.29) is 22.6 Å². The number of halogens is 4. The summed E-state index contributed by atoms with van der Waals surface area (Å²) in [4.78, 5) is 14.9. The molecule has 2 aromatic rings. The predicted molar refractivity (Wildman–Crippen MR) is 358 cm³/mol. The maximum Gasteiger partial charge on any atom is 0.417 e. The average molecular weight is 1220 g/mol. The highest BCUT2D eigenvalue weighted by Crippen LogP contribution is 2.39. The number of hydrogen-bond acceptors (Lipinski definition) is 11. The molecule has 15 heteroatoms. The molecular weight excluding hydrogens is 1100 g/mol. The van der Waals surface area contributed by atoms with Crippen molar-refractivity contribution in [3.8, 4) is 0 Å². The van der Waals surface area contributed by atoms with Crippen molar-refractivity contribution in [1.82, 2.24) is 51.5 Å². The van der Waals surface area contributed by atoms with Crippen LogP contribution in [-0.2, 0) is 19.0 Å². The minimum Gasteiger partial charge on any atom is -0.390 e. The smallest absolute Gasteiger partial charge is 0.390 e. The normalized spacial score (nSPS) is 27.8. The van der Waals surface area contributed by atoms with Gasteiger partial charge < -0.3 is 46.6 Å². The second kappa shape index (κ2) is 34.3. The summed E-state index contributed by atoms with van der Waals surface area (Å²) in [6, 6.07) is 15.6. The van der Waals surface area contributed by atoms with Crippen LogP contribution in [0.25, 0.3) is 0 Å². The summed E-state index contributed by atoms with van der Waals surface area (Å²) in [5.74, 6) is 2.96. The molecule has 3 heterocycles. The Bertz CT molecular complexity index is 2480. The van der Waals surface area contributed by atoms with Gasteiger partial charge >= 0.3 is 6.18 Å². The number of allylic oxidation sites excluding steroid dienone is 3. The van der Waals surface area contributed by atoms with Crippen LogP contribution >= 0.6 is 11.6 Å². The zero-order chi connectivity index (χ0) is 62.7. The lowest BCUT2D eigenvalue weighted by Gasteiger charge is -2.56. The van der Waals surface area contributed by atoms with Crippen molar-refractivity contribution in [3.05, 3.63) is 118 Å². The van der Waals surface area contributed by atoms with Crippen LogP contribution in [0.15, 0.2) is 95.9 Å². The van der Waals surface area contributed by atoms with Gasteiger partial charge in [-0.05, 0) is 151 Å². The van der Waals surface area contributed by atoms with Crippen LogP contribution in [0.3, 0.4) is 0 Å². The number of benzene rings is 2. The third kappa shape index (κ3) is 21.4. The second-order valence-corrected chi connectivity index (χ2v) is 28.1. The van der Waals surface area contributed by atoms with Gasteiger partial charge in [0, 0.05) is 162 Å². The Kier molecular flexibility index (Phi) is 28.4. The van der Waals surface area contributed by atoms with Crippen molar-refractivity contribution in [3.63, 3.8) is 0 Å². The molecule has 1 aliphatic carbocycles. The molecule has 0 amide bonds. The van der Waals surface area contributed by atoms with Gasteiger partial charge in [-0.15, -0.1) is 0 Å². The van der Waals surface area contributed by atoms with E-state index in [1.807, 2.05) is 31.7 Å². The van der Waals surface area contributed by atoms with Crippen molar-refractivity contribution in [2.24, 2.45) is 34.6 Å². The fraction of sp³-hybridized carbons (Fsp3) is 0.704. The van der Waals surface area contributed by atoms with Gasteiger partial charge in [-0.25, -0.2) is 0 Å². The van der Waals surface area contributed by atoms with Crippen LogP contribution in [-0.4, -0.2) is 139 Å². The van der Waals surface area contributed by atoms with E-state index in [1.165, 1.54) is 61.1 Å². The van der Waals surface area contributed by atoms with Gasteiger partial charge in [0.05, 0.1) is 10.6 Å². The molecule has 0 aromatic heterocycles. The van der Waals surface area contributed by atoms with Gasteiger partial charge in [0.2, 0.25) is 0 Å². The Labute approximate surface area is 525 Å². The van der Waals surface area contributed by atoms with Crippen LogP contribution in [0.5, 0.6) is 0 Å². The molecule has 4 unspecified atom stereocenters. The van der Waals surface area contributed by atoms with Crippen LogP contribution < -0.4 is 31.9 Å². The SMILES string of the molecule is CC[C@H](C)[C@H]1C(C)NC2(CCCC2)CNCCNC=CC(CCc2ccc(C(F)(F)F)c(Cl)c2)=NC=CN(C)C=C(Cc2ccc(C)cc2)N(C)C=C2CCCN2[C@@H](C)C(C)N[C@@H]([C@@H](C)CC)CN[C@@H](CC(C)C)C(C)NCC2[C@H](CC(C)C)CN21. The molecule has 0 bridgehead atoms. The predicted octanol–water partition coefficient (Wildman–Crippen LogP) is 13.9. The first-order valence-electron chi connectivity index (χ1n) is 33.5. The third-order valence-corrected chi connectivity index (χ3v) is 20.0. The Morgan fingerprint density at radius 2 is 1.49 bits per heavy atom. The highest BCUT2D eigenvalue weighted by atomic mass is 35.5. The molecule has 1 spiro atoms. The summed E-state index contributed by atoms with van der Waals surface area (Å²) in [5.41, 5.74) is 5.68. The van der Waals surface area contributed by atoms with E-state index in [0.717, 1.165) is 107 Å². The molecule has 11 atom stereocenters.